The van der Waals surface area contributed by atoms with Crippen LogP contribution in [0.3, 0.4) is 0 Å². The summed E-state index contributed by atoms with van der Waals surface area (Å²) in [7, 11) is 2.60. The molecule has 1 aromatic carbocycles. The smallest absolute Gasteiger partial charge is 0.341 e. The van der Waals surface area contributed by atoms with Crippen LogP contribution in [-0.4, -0.2) is 32.1 Å². The second kappa shape index (κ2) is 7.29. The molecule has 0 radical (unpaired) electrons. The Morgan fingerprint density at radius 2 is 1.88 bits per heavy atom. The van der Waals surface area contributed by atoms with Gasteiger partial charge < -0.3 is 14.8 Å². The molecule has 7 heteroatoms. The molecule has 2 aromatic rings. The van der Waals surface area contributed by atoms with Gasteiger partial charge in [0.1, 0.15) is 5.00 Å². The van der Waals surface area contributed by atoms with Gasteiger partial charge >= 0.3 is 11.9 Å². The number of methoxy groups -OCH3 is 2. The molecule has 1 aromatic heterocycles. The van der Waals surface area contributed by atoms with E-state index < -0.39 is 11.9 Å². The van der Waals surface area contributed by atoms with E-state index in [2.05, 4.69) is 5.32 Å². The van der Waals surface area contributed by atoms with E-state index in [-0.39, 0.29) is 17.4 Å². The van der Waals surface area contributed by atoms with Gasteiger partial charge in [-0.15, -0.1) is 11.3 Å². The number of esters is 2. The maximum absolute atomic E-state index is 12.6. The SMILES string of the molecule is COC(=O)c1c(NC(=O)c2ccccc2C)sc2c1[C@H](C(=O)OC)CC2. The van der Waals surface area contributed by atoms with Crippen molar-refractivity contribution < 1.29 is 23.9 Å². The van der Waals surface area contributed by atoms with Crippen LogP contribution in [0.2, 0.25) is 0 Å². The second-order valence-electron chi connectivity index (χ2n) is 6.02. The molecule has 1 heterocycles. The molecule has 0 saturated heterocycles. The standard InChI is InChI=1S/C19H19NO5S/c1-10-6-4-5-7-11(10)16(21)20-17-15(19(23)25-3)14-12(18(22)24-2)8-9-13(14)26-17/h4-7,12H,8-9H2,1-3H3,(H,20,21)/t12-/m1/s1. The second-order valence-corrected chi connectivity index (χ2v) is 7.12. The summed E-state index contributed by atoms with van der Waals surface area (Å²) in [5.41, 5.74) is 2.23. The summed E-state index contributed by atoms with van der Waals surface area (Å²) in [6.07, 6.45) is 1.24. The third-order valence-corrected chi connectivity index (χ3v) is 5.70. The van der Waals surface area contributed by atoms with Gasteiger partial charge in [0.25, 0.3) is 5.91 Å². The number of benzene rings is 1. The molecule has 0 bridgehead atoms. The van der Waals surface area contributed by atoms with E-state index in [1.165, 1.54) is 25.6 Å². The van der Waals surface area contributed by atoms with Crippen LogP contribution in [0, 0.1) is 6.92 Å². The maximum atomic E-state index is 12.6. The summed E-state index contributed by atoms with van der Waals surface area (Å²) in [6, 6.07) is 7.20. The van der Waals surface area contributed by atoms with Gasteiger partial charge in [0.15, 0.2) is 0 Å². The number of anilines is 1. The first-order valence-electron chi connectivity index (χ1n) is 8.16. The van der Waals surface area contributed by atoms with E-state index in [1.807, 2.05) is 19.1 Å². The number of thiophene rings is 1. The lowest BCUT2D eigenvalue weighted by Crippen LogP contribution is -2.18. The number of ether oxygens (including phenoxy) is 2. The number of fused-ring (bicyclic) bond motifs is 1. The monoisotopic (exact) mass is 373 g/mol. The topological polar surface area (TPSA) is 81.7 Å². The Labute approximate surface area is 155 Å². The zero-order chi connectivity index (χ0) is 18.8. The highest BCUT2D eigenvalue weighted by molar-refractivity contribution is 7.17. The van der Waals surface area contributed by atoms with Crippen LogP contribution >= 0.6 is 11.3 Å². The molecule has 3 rings (SSSR count). The first-order chi connectivity index (χ1) is 12.5. The molecule has 1 aliphatic carbocycles. The molecule has 0 aliphatic heterocycles. The Morgan fingerprint density at radius 1 is 1.15 bits per heavy atom. The maximum Gasteiger partial charge on any atom is 0.341 e. The summed E-state index contributed by atoms with van der Waals surface area (Å²) in [6.45, 7) is 1.85. The van der Waals surface area contributed by atoms with E-state index in [0.29, 0.717) is 29.0 Å². The van der Waals surface area contributed by atoms with Crippen molar-refractivity contribution in [2.75, 3.05) is 19.5 Å². The van der Waals surface area contributed by atoms with Gasteiger partial charge in [-0.3, -0.25) is 9.59 Å². The summed E-state index contributed by atoms with van der Waals surface area (Å²) >= 11 is 1.31. The third kappa shape index (κ3) is 3.10. The minimum Gasteiger partial charge on any atom is -0.469 e. The van der Waals surface area contributed by atoms with Crippen molar-refractivity contribution in [3.8, 4) is 0 Å². The minimum absolute atomic E-state index is 0.252. The van der Waals surface area contributed by atoms with Crippen molar-refractivity contribution in [1.82, 2.24) is 0 Å². The molecule has 0 fully saturated rings. The van der Waals surface area contributed by atoms with Gasteiger partial charge in [0.05, 0.1) is 25.7 Å². The Balaban J connectivity index is 2.01. The van der Waals surface area contributed by atoms with Crippen molar-refractivity contribution in [2.45, 2.75) is 25.7 Å². The summed E-state index contributed by atoms with van der Waals surface area (Å²) in [5.74, 6) is -1.77. The fourth-order valence-corrected chi connectivity index (χ4v) is 4.49. The molecule has 6 nitrogen and oxygen atoms in total. The van der Waals surface area contributed by atoms with Crippen molar-refractivity contribution in [3.63, 3.8) is 0 Å². The average molecular weight is 373 g/mol. The average Bonchev–Trinajstić information content (AvgIpc) is 3.19. The molecule has 0 saturated carbocycles. The van der Waals surface area contributed by atoms with E-state index in [9.17, 15) is 14.4 Å². The lowest BCUT2D eigenvalue weighted by atomic mass is 9.99. The number of aryl methyl sites for hydroxylation is 2. The number of nitrogens with one attached hydrogen (secondary N) is 1. The molecule has 1 aliphatic rings. The van der Waals surface area contributed by atoms with Crippen LogP contribution in [0.25, 0.3) is 0 Å². The van der Waals surface area contributed by atoms with E-state index in [0.717, 1.165) is 10.4 Å². The van der Waals surface area contributed by atoms with Gasteiger partial charge in [-0.1, -0.05) is 18.2 Å². The Hall–Kier alpha value is -2.67. The van der Waals surface area contributed by atoms with E-state index in [4.69, 9.17) is 9.47 Å². The largest absolute Gasteiger partial charge is 0.469 e. The Morgan fingerprint density at radius 3 is 2.54 bits per heavy atom. The van der Waals surface area contributed by atoms with E-state index in [1.54, 1.807) is 12.1 Å². The van der Waals surface area contributed by atoms with Crippen LogP contribution in [0.4, 0.5) is 5.00 Å². The highest BCUT2D eigenvalue weighted by Crippen LogP contribution is 2.46. The van der Waals surface area contributed by atoms with Gasteiger partial charge in [0, 0.05) is 10.4 Å². The van der Waals surface area contributed by atoms with Gasteiger partial charge in [-0.25, -0.2) is 4.79 Å². The number of carbonyl (C=O) groups is 3. The molecule has 136 valence electrons. The van der Waals surface area contributed by atoms with Crippen LogP contribution in [0.1, 0.15) is 49.1 Å². The van der Waals surface area contributed by atoms with Crippen LogP contribution in [0.5, 0.6) is 0 Å². The minimum atomic E-state index is -0.571. The van der Waals surface area contributed by atoms with Crippen molar-refractivity contribution in [3.05, 3.63) is 51.4 Å². The number of amides is 1. The number of hydrogen-bond donors (Lipinski definition) is 1. The molecule has 26 heavy (non-hydrogen) atoms. The molecule has 1 atom stereocenters. The predicted octanol–water partition coefficient (Wildman–Crippen LogP) is 3.30. The van der Waals surface area contributed by atoms with Crippen molar-refractivity contribution in [2.24, 2.45) is 0 Å². The predicted molar refractivity (Wildman–Crippen MR) is 97.9 cm³/mol. The molecule has 1 N–H and O–H groups in total. The molecule has 0 spiro atoms. The Bertz CT molecular complexity index is 886. The molecular weight excluding hydrogens is 354 g/mol. The van der Waals surface area contributed by atoms with Crippen LogP contribution < -0.4 is 5.32 Å². The first kappa shape index (κ1) is 18.1. The van der Waals surface area contributed by atoms with Gasteiger partial charge in [0.2, 0.25) is 0 Å². The van der Waals surface area contributed by atoms with Gasteiger partial charge in [-0.05, 0) is 37.0 Å². The molecule has 0 unspecified atom stereocenters. The number of hydrogen-bond acceptors (Lipinski definition) is 6. The summed E-state index contributed by atoms with van der Waals surface area (Å²) < 4.78 is 9.76. The normalized spacial score (nSPS) is 15.3. The summed E-state index contributed by atoms with van der Waals surface area (Å²) in [5, 5.41) is 3.22. The fourth-order valence-electron chi connectivity index (χ4n) is 3.23. The lowest BCUT2D eigenvalue weighted by molar-refractivity contribution is -0.142. The zero-order valence-corrected chi connectivity index (χ0v) is 15.6. The lowest BCUT2D eigenvalue weighted by Gasteiger charge is -2.12. The zero-order valence-electron chi connectivity index (χ0n) is 14.8. The third-order valence-electron chi connectivity index (χ3n) is 4.52. The van der Waals surface area contributed by atoms with Crippen LogP contribution in [-0.2, 0) is 20.7 Å². The quantitative estimate of drug-likeness (QED) is 0.832. The van der Waals surface area contributed by atoms with Crippen LogP contribution in [0.15, 0.2) is 24.3 Å². The highest BCUT2D eigenvalue weighted by Gasteiger charge is 2.38. The number of carbonyl (C=O) groups excluding carboxylic acids is 3. The van der Waals surface area contributed by atoms with E-state index >= 15 is 0 Å². The molecular formula is C19H19NO5S. The Kier molecular flexibility index (Phi) is 5.08. The molecule has 1 amide bonds. The highest BCUT2D eigenvalue weighted by atomic mass is 32.1. The van der Waals surface area contributed by atoms with Crippen molar-refractivity contribution >= 4 is 34.2 Å². The fraction of sp³-hybridized carbons (Fsp3) is 0.316. The van der Waals surface area contributed by atoms with Gasteiger partial charge in [-0.2, -0.15) is 0 Å². The first-order valence-corrected chi connectivity index (χ1v) is 8.98. The number of rotatable bonds is 4. The van der Waals surface area contributed by atoms with Crippen molar-refractivity contribution in [1.29, 1.82) is 0 Å². The summed E-state index contributed by atoms with van der Waals surface area (Å²) in [4.78, 5) is 38.0.